The first kappa shape index (κ1) is 10.9. The Morgan fingerprint density at radius 3 is 2.88 bits per heavy atom. The molecular weight excluding hydrogens is 202 g/mol. The second-order valence-corrected chi connectivity index (χ2v) is 3.85. The molecule has 5 heteroatoms. The van der Waals surface area contributed by atoms with Crippen LogP contribution in [0.25, 0.3) is 5.57 Å². The van der Waals surface area contributed by atoms with Gasteiger partial charge in [0.05, 0.1) is 0 Å². The average molecular weight is 219 g/mol. The highest BCUT2D eigenvalue weighted by atomic mass is 15.2. The van der Waals surface area contributed by atoms with Crippen molar-refractivity contribution in [3.8, 4) is 0 Å². The minimum Gasteiger partial charge on any atom is -0.368 e. The van der Waals surface area contributed by atoms with Crippen molar-refractivity contribution in [3.63, 3.8) is 0 Å². The summed E-state index contributed by atoms with van der Waals surface area (Å²) in [7, 11) is 0. The SMILES string of the molecule is CCNc1nc(N)nc(C2=CCCCC2)n1. The van der Waals surface area contributed by atoms with Crippen molar-refractivity contribution in [3.05, 3.63) is 11.9 Å². The van der Waals surface area contributed by atoms with Gasteiger partial charge in [-0.15, -0.1) is 0 Å². The normalized spacial score (nSPS) is 15.7. The van der Waals surface area contributed by atoms with E-state index in [9.17, 15) is 0 Å². The summed E-state index contributed by atoms with van der Waals surface area (Å²) >= 11 is 0. The number of hydrogen-bond donors (Lipinski definition) is 2. The molecule has 1 aliphatic rings. The van der Waals surface area contributed by atoms with Crippen molar-refractivity contribution in [1.29, 1.82) is 0 Å². The van der Waals surface area contributed by atoms with E-state index in [4.69, 9.17) is 5.73 Å². The number of aromatic nitrogens is 3. The molecule has 1 heterocycles. The van der Waals surface area contributed by atoms with Crippen LogP contribution in [0.1, 0.15) is 38.4 Å². The van der Waals surface area contributed by atoms with Crippen molar-refractivity contribution in [2.75, 3.05) is 17.6 Å². The number of rotatable bonds is 3. The highest BCUT2D eigenvalue weighted by Gasteiger charge is 2.11. The van der Waals surface area contributed by atoms with Crippen LogP contribution in [0.3, 0.4) is 0 Å². The van der Waals surface area contributed by atoms with Crippen molar-refractivity contribution < 1.29 is 0 Å². The number of allylic oxidation sites excluding steroid dienone is 2. The van der Waals surface area contributed by atoms with Gasteiger partial charge in [-0.1, -0.05) is 6.08 Å². The van der Waals surface area contributed by atoms with Crippen molar-refractivity contribution in [1.82, 2.24) is 15.0 Å². The monoisotopic (exact) mass is 219 g/mol. The summed E-state index contributed by atoms with van der Waals surface area (Å²) in [5.41, 5.74) is 6.86. The molecule has 0 saturated carbocycles. The smallest absolute Gasteiger partial charge is 0.228 e. The second-order valence-electron chi connectivity index (χ2n) is 3.85. The summed E-state index contributed by atoms with van der Waals surface area (Å²) in [6, 6.07) is 0. The molecule has 0 atom stereocenters. The summed E-state index contributed by atoms with van der Waals surface area (Å²) in [5, 5.41) is 3.06. The van der Waals surface area contributed by atoms with Gasteiger partial charge in [-0.3, -0.25) is 0 Å². The van der Waals surface area contributed by atoms with Crippen molar-refractivity contribution in [2.45, 2.75) is 32.6 Å². The molecule has 0 bridgehead atoms. The molecule has 0 radical (unpaired) electrons. The number of anilines is 2. The van der Waals surface area contributed by atoms with Gasteiger partial charge in [0.25, 0.3) is 0 Å². The standard InChI is InChI=1S/C11H17N5/c1-2-13-11-15-9(14-10(12)16-11)8-6-4-3-5-7-8/h6H,2-5,7H2,1H3,(H3,12,13,14,15,16). The molecular formula is C11H17N5. The molecule has 2 rings (SSSR count). The Balaban J connectivity index is 2.29. The van der Waals surface area contributed by atoms with Crippen LogP contribution in [0.15, 0.2) is 6.08 Å². The molecule has 0 amide bonds. The second kappa shape index (κ2) is 4.92. The zero-order chi connectivity index (χ0) is 11.4. The van der Waals surface area contributed by atoms with E-state index >= 15 is 0 Å². The quantitative estimate of drug-likeness (QED) is 0.811. The Bertz CT molecular complexity index is 399. The Morgan fingerprint density at radius 1 is 1.31 bits per heavy atom. The zero-order valence-electron chi connectivity index (χ0n) is 9.53. The van der Waals surface area contributed by atoms with Crippen LogP contribution in [-0.2, 0) is 0 Å². The third-order valence-electron chi connectivity index (χ3n) is 2.57. The van der Waals surface area contributed by atoms with E-state index < -0.39 is 0 Å². The van der Waals surface area contributed by atoms with Gasteiger partial charge < -0.3 is 11.1 Å². The largest absolute Gasteiger partial charge is 0.368 e. The minimum absolute atomic E-state index is 0.285. The molecule has 86 valence electrons. The molecule has 0 unspecified atom stereocenters. The van der Waals surface area contributed by atoms with E-state index in [1.165, 1.54) is 18.4 Å². The molecule has 1 aliphatic carbocycles. The lowest BCUT2D eigenvalue weighted by atomic mass is 9.99. The molecule has 1 aromatic heterocycles. The van der Waals surface area contributed by atoms with Gasteiger partial charge in [-0.2, -0.15) is 15.0 Å². The van der Waals surface area contributed by atoms with Crippen molar-refractivity contribution in [2.24, 2.45) is 0 Å². The van der Waals surface area contributed by atoms with E-state index in [1.807, 2.05) is 6.92 Å². The predicted octanol–water partition coefficient (Wildman–Crippen LogP) is 1.84. The van der Waals surface area contributed by atoms with Crippen LogP contribution in [0, 0.1) is 0 Å². The fourth-order valence-corrected chi connectivity index (χ4v) is 1.81. The lowest BCUT2D eigenvalue weighted by Gasteiger charge is -2.12. The summed E-state index contributed by atoms with van der Waals surface area (Å²) in [6.45, 7) is 2.78. The highest BCUT2D eigenvalue weighted by Crippen LogP contribution is 2.24. The third-order valence-corrected chi connectivity index (χ3v) is 2.57. The number of nitrogen functional groups attached to an aromatic ring is 1. The fraction of sp³-hybridized carbons (Fsp3) is 0.545. The number of nitrogens with one attached hydrogen (secondary N) is 1. The molecule has 5 nitrogen and oxygen atoms in total. The van der Waals surface area contributed by atoms with Crippen LogP contribution in [0.4, 0.5) is 11.9 Å². The van der Waals surface area contributed by atoms with Crippen LogP contribution >= 0.6 is 0 Å². The topological polar surface area (TPSA) is 76.7 Å². The van der Waals surface area contributed by atoms with Crippen LogP contribution in [0.2, 0.25) is 0 Å². The Morgan fingerprint density at radius 2 is 2.19 bits per heavy atom. The lowest BCUT2D eigenvalue weighted by molar-refractivity contribution is 0.736. The molecule has 3 N–H and O–H groups in total. The van der Waals surface area contributed by atoms with Gasteiger partial charge in [0, 0.05) is 6.54 Å². The third kappa shape index (κ3) is 2.48. The van der Waals surface area contributed by atoms with Crippen LogP contribution in [-0.4, -0.2) is 21.5 Å². The molecule has 16 heavy (non-hydrogen) atoms. The van der Waals surface area contributed by atoms with E-state index in [1.54, 1.807) is 0 Å². The van der Waals surface area contributed by atoms with Gasteiger partial charge in [-0.25, -0.2) is 0 Å². The van der Waals surface area contributed by atoms with E-state index in [2.05, 4.69) is 26.3 Å². The van der Waals surface area contributed by atoms with E-state index in [-0.39, 0.29) is 5.95 Å². The molecule has 0 fully saturated rings. The van der Waals surface area contributed by atoms with Gasteiger partial charge in [-0.05, 0) is 38.2 Å². The fourth-order valence-electron chi connectivity index (χ4n) is 1.81. The highest BCUT2D eigenvalue weighted by molar-refractivity contribution is 5.61. The molecule has 0 aromatic carbocycles. The summed E-state index contributed by atoms with van der Waals surface area (Å²) in [6.07, 6.45) is 6.80. The average Bonchev–Trinajstić information content (AvgIpc) is 2.30. The molecule has 0 saturated heterocycles. The lowest BCUT2D eigenvalue weighted by Crippen LogP contribution is -2.09. The molecule has 0 aliphatic heterocycles. The zero-order valence-corrected chi connectivity index (χ0v) is 9.53. The first-order valence-corrected chi connectivity index (χ1v) is 5.74. The first-order valence-electron chi connectivity index (χ1n) is 5.74. The number of hydrogen-bond acceptors (Lipinski definition) is 5. The maximum atomic E-state index is 5.67. The van der Waals surface area contributed by atoms with Crippen molar-refractivity contribution >= 4 is 17.5 Å². The Labute approximate surface area is 95.2 Å². The Kier molecular flexibility index (Phi) is 3.34. The number of nitrogens with zero attached hydrogens (tertiary/aromatic N) is 3. The van der Waals surface area contributed by atoms with Crippen LogP contribution < -0.4 is 11.1 Å². The maximum Gasteiger partial charge on any atom is 0.228 e. The summed E-state index contributed by atoms with van der Waals surface area (Å²) < 4.78 is 0. The predicted molar refractivity (Wildman–Crippen MR) is 64.8 cm³/mol. The minimum atomic E-state index is 0.285. The van der Waals surface area contributed by atoms with Gasteiger partial charge in [0.2, 0.25) is 11.9 Å². The van der Waals surface area contributed by atoms with E-state index in [0.717, 1.165) is 25.2 Å². The molecule has 0 spiro atoms. The number of nitrogens with two attached hydrogens (primary N) is 1. The summed E-state index contributed by atoms with van der Waals surface area (Å²) in [4.78, 5) is 12.6. The molecule has 1 aromatic rings. The summed E-state index contributed by atoms with van der Waals surface area (Å²) in [5.74, 6) is 1.58. The maximum absolute atomic E-state index is 5.67. The van der Waals surface area contributed by atoms with Gasteiger partial charge in [0.15, 0.2) is 5.82 Å². The Hall–Kier alpha value is -1.65. The van der Waals surface area contributed by atoms with E-state index in [0.29, 0.717) is 5.95 Å². The van der Waals surface area contributed by atoms with Crippen LogP contribution in [0.5, 0.6) is 0 Å². The van der Waals surface area contributed by atoms with Gasteiger partial charge >= 0.3 is 0 Å². The van der Waals surface area contributed by atoms with Gasteiger partial charge in [0.1, 0.15) is 0 Å². The first-order chi connectivity index (χ1) is 7.79.